The van der Waals surface area contributed by atoms with Crippen LogP contribution in [0.1, 0.15) is 41.5 Å². The molecule has 2 aromatic rings. The van der Waals surface area contributed by atoms with Gasteiger partial charge in [0, 0.05) is 0 Å². The Morgan fingerprint density at radius 3 is 1.24 bits per heavy atom. The van der Waals surface area contributed by atoms with E-state index in [-0.39, 0.29) is 11.5 Å². The molecular formula is C25H30N2O12S2. The second kappa shape index (κ2) is 13.0. The van der Waals surface area contributed by atoms with E-state index in [2.05, 4.69) is 4.79 Å². The van der Waals surface area contributed by atoms with Gasteiger partial charge in [0.05, 0.1) is 9.79 Å². The molecule has 0 aromatic heterocycles. The molecule has 41 heavy (non-hydrogen) atoms. The summed E-state index contributed by atoms with van der Waals surface area (Å²) in [6.45, 7) is 8.81. The maximum absolute atomic E-state index is 13.0. The van der Waals surface area contributed by atoms with Gasteiger partial charge in [0.2, 0.25) is 13.6 Å². The molecule has 224 valence electrons. The first-order valence-electron chi connectivity index (χ1n) is 11.7. The average Bonchev–Trinajstić information content (AvgIpc) is 2.82. The summed E-state index contributed by atoms with van der Waals surface area (Å²) >= 11 is 0. The molecule has 0 N–H and O–H groups in total. The van der Waals surface area contributed by atoms with Crippen molar-refractivity contribution in [2.75, 3.05) is 13.6 Å². The van der Waals surface area contributed by atoms with Crippen molar-refractivity contribution in [1.29, 1.82) is 0 Å². The van der Waals surface area contributed by atoms with E-state index in [1.54, 1.807) is 41.5 Å². The molecule has 16 heteroatoms. The molecule has 0 aliphatic heterocycles. The molecule has 0 fully saturated rings. The summed E-state index contributed by atoms with van der Waals surface area (Å²) in [5.74, 6) is 0.174. The van der Waals surface area contributed by atoms with E-state index in [1.807, 2.05) is 0 Å². The van der Waals surface area contributed by atoms with Crippen molar-refractivity contribution >= 4 is 36.4 Å². The maximum atomic E-state index is 13.0. The molecule has 2 rings (SSSR count). The summed E-state index contributed by atoms with van der Waals surface area (Å²) in [6.07, 6.45) is -1.95. The number of sulfone groups is 2. The van der Waals surface area contributed by atoms with Gasteiger partial charge in [-0.25, -0.2) is 26.4 Å². The first-order valence-corrected chi connectivity index (χ1v) is 14.7. The smallest absolute Gasteiger partial charge is 0.457 e. The molecule has 0 bridgehead atoms. The zero-order valence-corrected chi connectivity index (χ0v) is 24.8. The second-order valence-corrected chi connectivity index (χ2v) is 14.0. The second-order valence-electron chi connectivity index (χ2n) is 10.1. The molecule has 0 amide bonds. The number of nitrogens with zero attached hydrogens (tertiary/aromatic N) is 2. The minimum Gasteiger partial charge on any atom is -0.457 e. The number of hydrogen-bond donors (Lipinski definition) is 0. The molecule has 0 atom stereocenters. The van der Waals surface area contributed by atoms with E-state index in [1.165, 1.54) is 24.3 Å². The molecule has 0 spiro atoms. The van der Waals surface area contributed by atoms with E-state index in [0.717, 1.165) is 24.3 Å². The fourth-order valence-electron chi connectivity index (χ4n) is 2.73. The summed E-state index contributed by atoms with van der Waals surface area (Å²) in [5, 5.41) is 0. The molecule has 0 saturated heterocycles. The Hall–Kier alpha value is -4.14. The summed E-state index contributed by atoms with van der Waals surface area (Å²) in [4.78, 5) is 24.6. The summed E-state index contributed by atoms with van der Waals surface area (Å²) in [6, 6.07) is 8.77. The number of carbonyl (C=O) groups is 2. The fourth-order valence-corrected chi connectivity index (χ4v) is 6.07. The number of hydrogen-bond acceptors (Lipinski definition) is 12. The number of ether oxygens (including phenoxy) is 6. The molecule has 0 unspecified atom stereocenters. The van der Waals surface area contributed by atoms with E-state index < -0.39 is 70.9 Å². The van der Waals surface area contributed by atoms with Crippen LogP contribution in [0, 0.1) is 0 Å². The highest BCUT2D eigenvalue weighted by Gasteiger charge is 2.44. The van der Waals surface area contributed by atoms with E-state index in [4.69, 9.17) is 28.4 Å². The summed E-state index contributed by atoms with van der Waals surface area (Å²) in [7, 11) is -9.66. The van der Waals surface area contributed by atoms with Crippen LogP contribution in [0.25, 0.3) is 5.53 Å². The molecule has 0 radical (unpaired) electrons. The lowest BCUT2D eigenvalue weighted by molar-refractivity contribution is -0.0374. The highest BCUT2D eigenvalue weighted by Crippen LogP contribution is 2.24. The van der Waals surface area contributed by atoms with Crippen LogP contribution < -0.4 is 9.47 Å². The first kappa shape index (κ1) is 33.1. The maximum Gasteiger partial charge on any atom is 0.511 e. The van der Waals surface area contributed by atoms with Gasteiger partial charge in [0.15, 0.2) is 0 Å². The van der Waals surface area contributed by atoms with Crippen molar-refractivity contribution in [3.63, 3.8) is 0 Å². The van der Waals surface area contributed by atoms with Gasteiger partial charge in [0.25, 0.3) is 19.7 Å². The van der Waals surface area contributed by atoms with Gasteiger partial charge in [-0.15, -0.1) is 4.79 Å². The molecule has 14 nitrogen and oxygen atoms in total. The quantitative estimate of drug-likeness (QED) is 0.103. The Kier molecular flexibility index (Phi) is 10.5. The van der Waals surface area contributed by atoms with Crippen LogP contribution in [0.4, 0.5) is 9.59 Å². The molecule has 0 saturated carbocycles. The predicted molar refractivity (Wildman–Crippen MR) is 142 cm³/mol. The molecule has 2 aromatic carbocycles. The highest BCUT2D eigenvalue weighted by molar-refractivity contribution is 8.31. The van der Waals surface area contributed by atoms with Crippen LogP contribution in [0.5, 0.6) is 11.5 Å². The highest BCUT2D eigenvalue weighted by atomic mass is 32.3. The number of benzene rings is 2. The monoisotopic (exact) mass is 614 g/mol. The van der Waals surface area contributed by atoms with Crippen molar-refractivity contribution in [1.82, 2.24) is 0 Å². The zero-order chi connectivity index (χ0) is 31.1. The SMILES string of the molecule is CC(C)(C)OC(=O)OCOc1ccc(S(=O)(=O)C(=[N+]=[N-])S(=O)(=O)c2ccc(OCOC(=O)OC(C)(C)C)cc2)cc1. The lowest BCUT2D eigenvalue weighted by Gasteiger charge is -2.18. The molecule has 0 heterocycles. The van der Waals surface area contributed by atoms with Crippen molar-refractivity contribution in [2.24, 2.45) is 0 Å². The van der Waals surface area contributed by atoms with Crippen LogP contribution in [0.3, 0.4) is 0 Å². The third-order valence-electron chi connectivity index (χ3n) is 4.39. The third-order valence-corrected chi connectivity index (χ3v) is 8.58. The van der Waals surface area contributed by atoms with E-state index >= 15 is 0 Å². The van der Waals surface area contributed by atoms with Gasteiger partial charge >= 0.3 is 16.7 Å². The molecular weight excluding hydrogens is 584 g/mol. The molecule has 0 aliphatic carbocycles. The van der Waals surface area contributed by atoms with Crippen molar-refractivity contribution in [3.8, 4) is 11.5 Å². The van der Waals surface area contributed by atoms with E-state index in [9.17, 15) is 32.0 Å². The minimum absolute atomic E-state index is 0.0871. The first-order chi connectivity index (χ1) is 18.8. The zero-order valence-electron chi connectivity index (χ0n) is 23.1. The Balaban J connectivity index is 2.08. The largest absolute Gasteiger partial charge is 0.511 e. The number of carbonyl (C=O) groups excluding carboxylic acids is 2. The van der Waals surface area contributed by atoms with Crippen molar-refractivity contribution in [2.45, 2.75) is 62.5 Å². The predicted octanol–water partition coefficient (Wildman–Crippen LogP) is 4.10. The lowest BCUT2D eigenvalue weighted by Crippen LogP contribution is -2.26. The fraction of sp³-hybridized carbons (Fsp3) is 0.400. The standard InChI is InChI=1S/C25H30N2O12S2/c1-24(2,3)38-22(28)36-15-34-17-7-11-19(12-8-17)40(30,31)21(27-26)41(32,33)20-13-9-18(10-14-20)35-16-37-23(29)39-25(4,5)6/h7-14H,15-16H2,1-6H3. The average molecular weight is 615 g/mol. The van der Waals surface area contributed by atoms with E-state index in [0.29, 0.717) is 0 Å². The normalized spacial score (nSPS) is 12.0. The third kappa shape index (κ3) is 10.1. The summed E-state index contributed by atoms with van der Waals surface area (Å²) < 4.78 is 80.4. The Morgan fingerprint density at radius 2 is 0.976 bits per heavy atom. The van der Waals surface area contributed by atoms with Crippen LogP contribution in [-0.4, -0.2) is 63.1 Å². The summed E-state index contributed by atoms with van der Waals surface area (Å²) in [5.41, 5.74) is 7.85. The van der Waals surface area contributed by atoms with Gasteiger partial charge < -0.3 is 34.0 Å². The lowest BCUT2D eigenvalue weighted by atomic mass is 10.2. The van der Waals surface area contributed by atoms with Crippen LogP contribution in [0.15, 0.2) is 58.3 Å². The van der Waals surface area contributed by atoms with Gasteiger partial charge in [-0.2, -0.15) is 0 Å². The number of rotatable bonds is 8. The van der Waals surface area contributed by atoms with Crippen LogP contribution in [-0.2, 0) is 38.6 Å². The Bertz CT molecular complexity index is 1390. The van der Waals surface area contributed by atoms with Gasteiger partial charge in [0.1, 0.15) is 22.7 Å². The Morgan fingerprint density at radius 1 is 0.659 bits per heavy atom. The van der Waals surface area contributed by atoms with Crippen LogP contribution in [0.2, 0.25) is 0 Å². The van der Waals surface area contributed by atoms with Gasteiger partial charge in [-0.05, 0) is 90.1 Å². The van der Waals surface area contributed by atoms with Gasteiger partial charge in [-0.1, -0.05) is 0 Å². The Labute approximate surface area is 237 Å². The van der Waals surface area contributed by atoms with Crippen molar-refractivity contribution in [3.05, 3.63) is 54.1 Å². The minimum atomic E-state index is -4.83. The van der Waals surface area contributed by atoms with Crippen molar-refractivity contribution < 1.29 is 59.6 Å². The topological polar surface area (TPSA) is 194 Å². The van der Waals surface area contributed by atoms with Crippen LogP contribution >= 0.6 is 0 Å². The van der Waals surface area contributed by atoms with Gasteiger partial charge in [-0.3, -0.25) is 0 Å². The molecule has 0 aliphatic rings.